The van der Waals surface area contributed by atoms with Crippen molar-refractivity contribution in [2.45, 2.75) is 72.3 Å². The third kappa shape index (κ3) is 8.00. The van der Waals surface area contributed by atoms with E-state index < -0.39 is 47.3 Å². The largest absolute Gasteiger partial charge is 0.481 e. The molecule has 0 amide bonds. The summed E-state index contributed by atoms with van der Waals surface area (Å²) in [5.41, 5.74) is 3.81. The van der Waals surface area contributed by atoms with Crippen molar-refractivity contribution in [3.05, 3.63) is 92.4 Å². The number of carbonyl (C=O) groups excluding carboxylic acids is 1. The Morgan fingerprint density at radius 1 is 0.976 bits per heavy atom. The molecule has 2 aromatic carbocycles. The van der Waals surface area contributed by atoms with Gasteiger partial charge in [-0.3, -0.25) is 14.4 Å². The van der Waals surface area contributed by atoms with Crippen molar-refractivity contribution in [1.29, 1.82) is 0 Å². The van der Waals surface area contributed by atoms with E-state index in [4.69, 9.17) is 0 Å². The van der Waals surface area contributed by atoms with Crippen molar-refractivity contribution in [2.24, 2.45) is 5.92 Å². The van der Waals surface area contributed by atoms with E-state index in [1.807, 2.05) is 64.9 Å². The molecule has 6 nitrogen and oxygen atoms in total. The number of carboxylic acids is 1. The summed E-state index contributed by atoms with van der Waals surface area (Å²) in [4.78, 5) is 40.8. The number of carbonyl (C=O) groups is 2. The normalized spacial score (nSPS) is 13.0. The molecular weight excluding hydrogens is 538 g/mol. The Bertz CT molecular complexity index is 1490. The first-order valence-corrected chi connectivity index (χ1v) is 14.4. The molecule has 0 aliphatic rings. The lowest BCUT2D eigenvalue weighted by Gasteiger charge is -2.25. The van der Waals surface area contributed by atoms with E-state index in [1.54, 1.807) is 19.1 Å². The number of aryl methyl sites for hydroxylation is 3. The van der Waals surface area contributed by atoms with Crippen LogP contribution in [0.1, 0.15) is 72.9 Å². The highest BCUT2D eigenvalue weighted by atomic mass is 19.1. The van der Waals surface area contributed by atoms with Gasteiger partial charge in [-0.1, -0.05) is 32.0 Å². The van der Waals surface area contributed by atoms with Gasteiger partial charge in [-0.25, -0.2) is 8.78 Å². The van der Waals surface area contributed by atoms with E-state index in [0.717, 1.165) is 26.8 Å². The summed E-state index contributed by atoms with van der Waals surface area (Å²) >= 11 is 0. The number of likely N-dealkylation sites (N-methyl/N-ethyl adjacent to an activating group) is 1. The molecule has 0 saturated heterocycles. The molecule has 1 aromatic heterocycles. The van der Waals surface area contributed by atoms with Crippen LogP contribution in [-0.4, -0.2) is 47.0 Å². The van der Waals surface area contributed by atoms with Crippen LogP contribution >= 0.6 is 0 Å². The van der Waals surface area contributed by atoms with Crippen molar-refractivity contribution in [3.8, 4) is 11.1 Å². The van der Waals surface area contributed by atoms with E-state index in [9.17, 15) is 23.9 Å². The molecular formula is C34H42F2N2O4. The maximum absolute atomic E-state index is 15.7. The number of aliphatic carboxylic acids is 1. The summed E-state index contributed by atoms with van der Waals surface area (Å²) in [6, 6.07) is 9.41. The number of hydrogen-bond donors (Lipinski definition) is 1. The Hall–Kier alpha value is -3.65. The lowest BCUT2D eigenvalue weighted by molar-refractivity contribution is -0.137. The van der Waals surface area contributed by atoms with E-state index in [0.29, 0.717) is 24.1 Å². The quantitative estimate of drug-likeness (QED) is 0.246. The molecule has 1 heterocycles. The van der Waals surface area contributed by atoms with Gasteiger partial charge in [0.1, 0.15) is 5.82 Å². The number of benzene rings is 2. The fourth-order valence-corrected chi connectivity index (χ4v) is 5.58. The van der Waals surface area contributed by atoms with Crippen molar-refractivity contribution in [1.82, 2.24) is 9.47 Å². The van der Waals surface area contributed by atoms with Crippen LogP contribution in [0.25, 0.3) is 11.1 Å². The molecule has 1 N–H and O–H groups in total. The van der Waals surface area contributed by atoms with Gasteiger partial charge in [0.2, 0.25) is 0 Å². The third-order valence-corrected chi connectivity index (χ3v) is 7.67. The van der Waals surface area contributed by atoms with Crippen LogP contribution in [-0.2, 0) is 16.0 Å². The Kier molecular flexibility index (Phi) is 11.0. The SMILES string of the molecule is Cc1cc(-c2c(C)cccc2C)cc([C@H](CC(=O)O)CC(=O)C(CC(C)C)n2cc(CCN(C)C)cc(F)c2=O)c1F. The molecule has 0 fully saturated rings. The van der Waals surface area contributed by atoms with Gasteiger partial charge in [-0.05, 0) is 111 Å². The van der Waals surface area contributed by atoms with Crippen molar-refractivity contribution in [3.63, 3.8) is 0 Å². The number of halogens is 2. The fraction of sp³-hybridized carbons (Fsp3) is 0.441. The lowest BCUT2D eigenvalue weighted by Crippen LogP contribution is -2.33. The first-order valence-electron chi connectivity index (χ1n) is 14.4. The Balaban J connectivity index is 2.10. The molecule has 3 rings (SSSR count). The number of Topliss-reactive ketones (excluding diaryl/α,β-unsaturated/α-hetero) is 1. The molecule has 2 atom stereocenters. The first-order chi connectivity index (χ1) is 19.7. The summed E-state index contributed by atoms with van der Waals surface area (Å²) < 4.78 is 31.6. The second-order valence-corrected chi connectivity index (χ2v) is 12.0. The Morgan fingerprint density at radius 2 is 1.62 bits per heavy atom. The summed E-state index contributed by atoms with van der Waals surface area (Å²) in [5, 5.41) is 9.77. The van der Waals surface area contributed by atoms with Crippen LogP contribution in [0.3, 0.4) is 0 Å². The van der Waals surface area contributed by atoms with Gasteiger partial charge < -0.3 is 14.6 Å². The average molecular weight is 581 g/mol. The second kappa shape index (κ2) is 14.0. The predicted molar refractivity (Wildman–Crippen MR) is 162 cm³/mol. The van der Waals surface area contributed by atoms with Gasteiger partial charge in [-0.15, -0.1) is 0 Å². The predicted octanol–water partition coefficient (Wildman–Crippen LogP) is 6.63. The van der Waals surface area contributed by atoms with Gasteiger partial charge in [0, 0.05) is 25.1 Å². The number of pyridine rings is 1. The zero-order valence-corrected chi connectivity index (χ0v) is 25.6. The summed E-state index contributed by atoms with van der Waals surface area (Å²) in [5.74, 6) is -4.11. The highest BCUT2D eigenvalue weighted by Gasteiger charge is 2.30. The topological polar surface area (TPSA) is 79.6 Å². The van der Waals surface area contributed by atoms with Crippen molar-refractivity contribution in [2.75, 3.05) is 20.6 Å². The smallest absolute Gasteiger partial charge is 0.303 e. The highest BCUT2D eigenvalue weighted by Crippen LogP contribution is 2.36. The van der Waals surface area contributed by atoms with E-state index >= 15 is 4.39 Å². The molecule has 0 bridgehead atoms. The van der Waals surface area contributed by atoms with E-state index in [2.05, 4.69) is 0 Å². The molecule has 0 spiro atoms. The number of rotatable bonds is 13. The molecule has 0 aliphatic carbocycles. The number of nitrogens with zero attached hydrogens (tertiary/aromatic N) is 2. The van der Waals surface area contributed by atoms with Gasteiger partial charge in [0.15, 0.2) is 11.6 Å². The van der Waals surface area contributed by atoms with Gasteiger partial charge in [-0.2, -0.15) is 0 Å². The van der Waals surface area contributed by atoms with Gasteiger partial charge in [0.25, 0.3) is 5.56 Å². The van der Waals surface area contributed by atoms with Crippen LogP contribution in [0.2, 0.25) is 0 Å². The second-order valence-electron chi connectivity index (χ2n) is 12.0. The maximum atomic E-state index is 15.7. The molecule has 0 radical (unpaired) electrons. The van der Waals surface area contributed by atoms with E-state index in [1.165, 1.54) is 12.3 Å². The summed E-state index contributed by atoms with van der Waals surface area (Å²) in [7, 11) is 3.77. The Morgan fingerprint density at radius 3 is 2.19 bits per heavy atom. The minimum absolute atomic E-state index is 0.0244. The lowest BCUT2D eigenvalue weighted by atomic mass is 9.84. The minimum Gasteiger partial charge on any atom is -0.481 e. The van der Waals surface area contributed by atoms with Gasteiger partial charge >= 0.3 is 5.97 Å². The molecule has 226 valence electrons. The van der Waals surface area contributed by atoms with Crippen molar-refractivity contribution >= 4 is 11.8 Å². The summed E-state index contributed by atoms with van der Waals surface area (Å²) in [6.45, 7) is 9.94. The monoisotopic (exact) mass is 580 g/mol. The molecule has 42 heavy (non-hydrogen) atoms. The zero-order chi connectivity index (χ0) is 31.3. The minimum atomic E-state index is -1.17. The Labute approximate surface area is 247 Å². The van der Waals surface area contributed by atoms with E-state index in [-0.39, 0.29) is 24.3 Å². The highest BCUT2D eigenvalue weighted by molar-refractivity contribution is 5.84. The first kappa shape index (κ1) is 32.9. The number of aromatic nitrogens is 1. The molecule has 3 aromatic rings. The molecule has 0 aliphatic heterocycles. The van der Waals surface area contributed by atoms with Crippen LogP contribution in [0.5, 0.6) is 0 Å². The molecule has 1 unspecified atom stereocenters. The standard InChI is InChI=1S/C34H42F2N2O4/c1-20(2)13-29(38-19-24(11-12-37(6)7)15-28(35)34(38)42)30(39)17-25(18-31(40)41)27-16-26(14-23(5)33(27)36)32-21(3)9-8-10-22(32)4/h8-10,14-16,19-20,25,29H,11-13,17-18H2,1-7H3,(H,40,41)/t25-,29?/m0/s1. The van der Waals surface area contributed by atoms with Crippen LogP contribution in [0.4, 0.5) is 8.78 Å². The van der Waals surface area contributed by atoms with Crippen molar-refractivity contribution < 1.29 is 23.5 Å². The summed E-state index contributed by atoms with van der Waals surface area (Å²) in [6.07, 6.45) is 1.46. The number of carboxylic acid groups (broad SMARTS) is 1. The van der Waals surface area contributed by atoms with Crippen LogP contribution < -0.4 is 5.56 Å². The van der Waals surface area contributed by atoms with Gasteiger partial charge in [0.05, 0.1) is 12.5 Å². The number of hydrogen-bond acceptors (Lipinski definition) is 4. The van der Waals surface area contributed by atoms with Crippen LogP contribution in [0.15, 0.2) is 47.4 Å². The average Bonchev–Trinajstić information content (AvgIpc) is 2.89. The van der Waals surface area contributed by atoms with Crippen LogP contribution in [0, 0.1) is 38.3 Å². The third-order valence-electron chi connectivity index (χ3n) is 7.67. The fourth-order valence-electron chi connectivity index (χ4n) is 5.58. The zero-order valence-electron chi connectivity index (χ0n) is 25.6. The number of ketones is 1. The molecule has 8 heteroatoms. The maximum Gasteiger partial charge on any atom is 0.303 e. The molecule has 0 saturated carbocycles.